The first-order valence-electron chi connectivity index (χ1n) is 9.46. The number of rotatable bonds is 6. The van der Waals surface area contributed by atoms with Gasteiger partial charge in [0.2, 0.25) is 5.91 Å². The van der Waals surface area contributed by atoms with Crippen molar-refractivity contribution >= 4 is 17.8 Å². The first-order chi connectivity index (χ1) is 13.5. The van der Waals surface area contributed by atoms with Gasteiger partial charge in [-0.2, -0.15) is 0 Å². The van der Waals surface area contributed by atoms with E-state index in [0.717, 1.165) is 5.56 Å². The second kappa shape index (κ2) is 9.17. The summed E-state index contributed by atoms with van der Waals surface area (Å²) in [5.41, 5.74) is 1.50. The predicted octanol–water partition coefficient (Wildman–Crippen LogP) is 2.35. The molecule has 28 heavy (non-hydrogen) atoms. The van der Waals surface area contributed by atoms with Gasteiger partial charge in [0.25, 0.3) is 5.91 Å². The minimum atomic E-state index is -1.05. The van der Waals surface area contributed by atoms with Gasteiger partial charge in [-0.15, -0.1) is 0 Å². The molecule has 0 bridgehead atoms. The van der Waals surface area contributed by atoms with Crippen LogP contribution in [0.25, 0.3) is 0 Å². The SMILES string of the molecule is O=C(N[C@H](Cc1ccccc1)C(=O)O)C1CCN(C(=O)c2ccccc2)CC1. The molecule has 1 heterocycles. The molecule has 6 heteroatoms. The predicted molar refractivity (Wildman–Crippen MR) is 105 cm³/mol. The molecule has 146 valence electrons. The highest BCUT2D eigenvalue weighted by molar-refractivity contribution is 5.94. The average Bonchev–Trinajstić information content (AvgIpc) is 2.74. The third kappa shape index (κ3) is 4.97. The molecule has 1 aliphatic heterocycles. The zero-order chi connectivity index (χ0) is 19.9. The first-order valence-corrected chi connectivity index (χ1v) is 9.46. The molecule has 0 saturated carbocycles. The Morgan fingerprint density at radius 3 is 2.11 bits per heavy atom. The van der Waals surface area contributed by atoms with Gasteiger partial charge in [0.05, 0.1) is 0 Å². The first kappa shape index (κ1) is 19.6. The Morgan fingerprint density at radius 1 is 0.964 bits per heavy atom. The number of piperidine rings is 1. The maximum absolute atomic E-state index is 12.6. The topological polar surface area (TPSA) is 86.7 Å². The van der Waals surface area contributed by atoms with Gasteiger partial charge in [-0.25, -0.2) is 4.79 Å². The van der Waals surface area contributed by atoms with Crippen LogP contribution in [0.5, 0.6) is 0 Å². The van der Waals surface area contributed by atoms with Gasteiger partial charge in [0.15, 0.2) is 0 Å². The summed E-state index contributed by atoms with van der Waals surface area (Å²) in [6, 6.07) is 17.3. The number of likely N-dealkylation sites (tertiary alicyclic amines) is 1. The number of hydrogen-bond donors (Lipinski definition) is 2. The zero-order valence-electron chi connectivity index (χ0n) is 15.6. The van der Waals surface area contributed by atoms with Crippen molar-refractivity contribution in [3.63, 3.8) is 0 Å². The van der Waals surface area contributed by atoms with Crippen LogP contribution in [0.3, 0.4) is 0 Å². The number of benzene rings is 2. The Balaban J connectivity index is 1.54. The highest BCUT2D eigenvalue weighted by atomic mass is 16.4. The van der Waals surface area contributed by atoms with E-state index in [-0.39, 0.29) is 24.2 Å². The molecule has 1 saturated heterocycles. The monoisotopic (exact) mass is 380 g/mol. The number of carboxylic acids is 1. The third-order valence-corrected chi connectivity index (χ3v) is 5.07. The van der Waals surface area contributed by atoms with Crippen LogP contribution < -0.4 is 5.32 Å². The second-order valence-corrected chi connectivity index (χ2v) is 7.02. The van der Waals surface area contributed by atoms with Crippen LogP contribution in [-0.4, -0.2) is 46.9 Å². The lowest BCUT2D eigenvalue weighted by Gasteiger charge is -2.32. The van der Waals surface area contributed by atoms with Crippen LogP contribution in [0.4, 0.5) is 0 Å². The fraction of sp³-hybridized carbons (Fsp3) is 0.318. The minimum absolute atomic E-state index is 0.0352. The highest BCUT2D eigenvalue weighted by Gasteiger charge is 2.30. The molecule has 1 aliphatic rings. The lowest BCUT2D eigenvalue weighted by Crippen LogP contribution is -2.48. The van der Waals surface area contributed by atoms with Crippen LogP contribution >= 0.6 is 0 Å². The van der Waals surface area contributed by atoms with Gasteiger partial charge < -0.3 is 15.3 Å². The number of aliphatic carboxylic acids is 1. The van der Waals surface area contributed by atoms with Crippen LogP contribution in [0, 0.1) is 5.92 Å². The van der Waals surface area contributed by atoms with Crippen molar-refractivity contribution in [1.29, 1.82) is 0 Å². The minimum Gasteiger partial charge on any atom is -0.480 e. The fourth-order valence-corrected chi connectivity index (χ4v) is 3.45. The standard InChI is InChI=1S/C22H24N2O4/c25-20(23-19(22(27)28)15-16-7-3-1-4-8-16)17-11-13-24(14-12-17)21(26)18-9-5-2-6-10-18/h1-10,17,19H,11-15H2,(H,23,25)(H,27,28)/t19-/m1/s1. The summed E-state index contributed by atoms with van der Waals surface area (Å²) in [4.78, 5) is 38.4. The van der Waals surface area contributed by atoms with Crippen LogP contribution in [0.15, 0.2) is 60.7 Å². The summed E-state index contributed by atoms with van der Waals surface area (Å²) in [5, 5.41) is 12.1. The summed E-state index contributed by atoms with van der Waals surface area (Å²) in [6.45, 7) is 0.977. The number of carbonyl (C=O) groups excluding carboxylic acids is 2. The summed E-state index contributed by atoms with van der Waals surface area (Å²) >= 11 is 0. The van der Waals surface area contributed by atoms with Gasteiger partial charge in [-0.05, 0) is 30.5 Å². The molecule has 2 aromatic rings. The Labute approximate surface area is 164 Å². The van der Waals surface area contributed by atoms with E-state index in [1.54, 1.807) is 17.0 Å². The van der Waals surface area contributed by atoms with Gasteiger partial charge in [-0.3, -0.25) is 9.59 Å². The van der Waals surface area contributed by atoms with E-state index >= 15 is 0 Å². The Kier molecular flexibility index (Phi) is 6.42. The van der Waals surface area contributed by atoms with Gasteiger partial charge in [0.1, 0.15) is 6.04 Å². The van der Waals surface area contributed by atoms with E-state index in [1.807, 2.05) is 48.5 Å². The van der Waals surface area contributed by atoms with E-state index in [1.165, 1.54) is 0 Å². The molecular weight excluding hydrogens is 356 g/mol. The van der Waals surface area contributed by atoms with Crippen molar-refractivity contribution in [2.24, 2.45) is 5.92 Å². The average molecular weight is 380 g/mol. The number of nitrogens with one attached hydrogen (secondary N) is 1. The molecule has 0 spiro atoms. The van der Waals surface area contributed by atoms with Crippen molar-refractivity contribution in [3.8, 4) is 0 Å². The van der Waals surface area contributed by atoms with E-state index in [2.05, 4.69) is 5.32 Å². The van der Waals surface area contributed by atoms with E-state index in [9.17, 15) is 19.5 Å². The number of carboxylic acid groups (broad SMARTS) is 1. The van der Waals surface area contributed by atoms with Crippen LogP contribution in [0.2, 0.25) is 0 Å². The summed E-state index contributed by atoms with van der Waals surface area (Å²) < 4.78 is 0. The summed E-state index contributed by atoms with van der Waals surface area (Å²) in [5.74, 6) is -1.62. The maximum atomic E-state index is 12.6. The number of carbonyl (C=O) groups is 3. The van der Waals surface area contributed by atoms with Crippen molar-refractivity contribution < 1.29 is 19.5 Å². The fourth-order valence-electron chi connectivity index (χ4n) is 3.45. The van der Waals surface area contributed by atoms with Crippen LogP contribution in [0.1, 0.15) is 28.8 Å². The maximum Gasteiger partial charge on any atom is 0.326 e. The van der Waals surface area contributed by atoms with Gasteiger partial charge in [-0.1, -0.05) is 48.5 Å². The second-order valence-electron chi connectivity index (χ2n) is 7.02. The van der Waals surface area contributed by atoms with Crippen molar-refractivity contribution in [3.05, 3.63) is 71.8 Å². The van der Waals surface area contributed by atoms with E-state index in [4.69, 9.17) is 0 Å². The number of hydrogen-bond acceptors (Lipinski definition) is 3. The van der Waals surface area contributed by atoms with Gasteiger partial charge in [0, 0.05) is 31.0 Å². The molecule has 1 atom stereocenters. The molecule has 3 rings (SSSR count). The Hall–Kier alpha value is -3.15. The molecule has 0 aromatic heterocycles. The third-order valence-electron chi connectivity index (χ3n) is 5.07. The van der Waals surface area contributed by atoms with Crippen molar-refractivity contribution in [1.82, 2.24) is 10.2 Å². The lowest BCUT2D eigenvalue weighted by molar-refractivity contribution is -0.142. The highest BCUT2D eigenvalue weighted by Crippen LogP contribution is 2.20. The lowest BCUT2D eigenvalue weighted by atomic mass is 9.94. The van der Waals surface area contributed by atoms with Gasteiger partial charge >= 0.3 is 5.97 Å². The van der Waals surface area contributed by atoms with E-state index < -0.39 is 12.0 Å². The zero-order valence-corrected chi connectivity index (χ0v) is 15.6. The molecule has 2 aromatic carbocycles. The quantitative estimate of drug-likeness (QED) is 0.805. The molecule has 0 unspecified atom stereocenters. The van der Waals surface area contributed by atoms with Crippen molar-refractivity contribution in [2.75, 3.05) is 13.1 Å². The number of amides is 2. The smallest absolute Gasteiger partial charge is 0.326 e. The largest absolute Gasteiger partial charge is 0.480 e. The molecule has 0 aliphatic carbocycles. The van der Waals surface area contributed by atoms with E-state index in [0.29, 0.717) is 31.5 Å². The van der Waals surface area contributed by atoms with Crippen LogP contribution in [-0.2, 0) is 16.0 Å². The molecule has 1 fully saturated rings. The Morgan fingerprint density at radius 2 is 1.54 bits per heavy atom. The number of nitrogens with zero attached hydrogens (tertiary/aromatic N) is 1. The molecular formula is C22H24N2O4. The van der Waals surface area contributed by atoms with Crippen molar-refractivity contribution in [2.45, 2.75) is 25.3 Å². The normalized spacial score (nSPS) is 15.6. The molecule has 2 amide bonds. The Bertz CT molecular complexity index is 815. The summed E-state index contributed by atoms with van der Waals surface area (Å²) in [6.07, 6.45) is 1.30. The molecule has 6 nitrogen and oxygen atoms in total. The summed E-state index contributed by atoms with van der Waals surface area (Å²) in [7, 11) is 0. The molecule has 0 radical (unpaired) electrons. The molecule has 2 N–H and O–H groups in total.